The van der Waals surface area contributed by atoms with Gasteiger partial charge in [-0.25, -0.2) is 0 Å². The first-order chi connectivity index (χ1) is 8.17. The molecule has 2 heterocycles. The van der Waals surface area contributed by atoms with Gasteiger partial charge in [-0.3, -0.25) is 4.68 Å². The maximum atomic E-state index is 7.60. The second kappa shape index (κ2) is 4.87. The number of nitrogens with zero attached hydrogens (tertiary/aromatic N) is 2. The van der Waals surface area contributed by atoms with Crippen molar-refractivity contribution >= 4 is 0 Å². The fraction of sp³-hybridized carbons (Fsp3) is 0.750. The van der Waals surface area contributed by atoms with Crippen LogP contribution in [-0.2, 0) is 6.54 Å². The van der Waals surface area contributed by atoms with Gasteiger partial charge in [0.05, 0.1) is 7.11 Å². The lowest BCUT2D eigenvalue weighted by atomic mass is 9.90. The minimum absolute atomic E-state index is 0.492. The van der Waals surface area contributed by atoms with Crippen LogP contribution in [0.5, 0.6) is 5.88 Å². The molecule has 1 aromatic heterocycles. The smallest absolute Gasteiger partial charge is 0.236 e. The summed E-state index contributed by atoms with van der Waals surface area (Å²) in [5.74, 6) is 1.26. The third kappa shape index (κ3) is 1.94. The summed E-state index contributed by atoms with van der Waals surface area (Å²) in [4.78, 5) is 0. The second-order valence-electron chi connectivity index (χ2n) is 4.27. The van der Waals surface area contributed by atoms with E-state index < -0.39 is 0 Å². The first-order valence-electron chi connectivity index (χ1n) is 6.47. The van der Waals surface area contributed by atoms with Crippen molar-refractivity contribution in [1.82, 2.24) is 15.1 Å². The number of nitrogens with one attached hydrogen (secondary N) is 1. The van der Waals surface area contributed by atoms with Gasteiger partial charge in [0.25, 0.3) is 0 Å². The molecule has 0 radical (unpaired) electrons. The lowest BCUT2D eigenvalue weighted by molar-refractivity contribution is 0.374. The standard InChI is InChI=1S/C12H21N3O/c1-4-15-9(2)11(12(14-15)16-3)10-5-7-13-8-6-10/h10,13H,4-8H2,1-3H3/i/hT. The van der Waals surface area contributed by atoms with Gasteiger partial charge in [0.1, 0.15) is 1.41 Å². The molecule has 0 aromatic carbocycles. The molecule has 4 heteroatoms. The largest absolute Gasteiger partial charge is 0.480 e. The summed E-state index contributed by atoms with van der Waals surface area (Å²) < 4.78 is 15.0. The van der Waals surface area contributed by atoms with Crippen LogP contribution >= 0.6 is 0 Å². The molecule has 0 saturated carbocycles. The maximum Gasteiger partial charge on any atom is 0.236 e. The molecule has 1 aliphatic heterocycles. The molecule has 0 spiro atoms. The van der Waals surface area contributed by atoms with Gasteiger partial charge in [-0.2, -0.15) is 0 Å². The van der Waals surface area contributed by atoms with Crippen LogP contribution in [0.1, 0.15) is 36.9 Å². The topological polar surface area (TPSA) is 39.1 Å². The first-order valence-corrected chi connectivity index (χ1v) is 6.02. The zero-order chi connectivity index (χ0) is 12.4. The van der Waals surface area contributed by atoms with E-state index in [9.17, 15) is 0 Å². The summed E-state index contributed by atoms with van der Waals surface area (Å²) in [7, 11) is 1.69. The Hall–Kier alpha value is -1.03. The highest BCUT2D eigenvalue weighted by atomic mass is 16.5. The van der Waals surface area contributed by atoms with Gasteiger partial charge < -0.3 is 10.0 Å². The Morgan fingerprint density at radius 2 is 2.25 bits per heavy atom. The van der Waals surface area contributed by atoms with Gasteiger partial charge in [-0.05, 0) is 45.7 Å². The Morgan fingerprint density at radius 3 is 2.81 bits per heavy atom. The molecule has 0 aliphatic carbocycles. The fourth-order valence-electron chi connectivity index (χ4n) is 2.50. The molecule has 1 N–H and O–H groups in total. The Morgan fingerprint density at radius 1 is 1.56 bits per heavy atom. The number of piperidine rings is 1. The number of methoxy groups -OCH3 is 1. The Balaban J connectivity index is 2.27. The first kappa shape index (κ1) is 10.1. The molecule has 1 fully saturated rings. The zero-order valence-corrected chi connectivity index (χ0v) is 10.4. The maximum absolute atomic E-state index is 7.60. The minimum atomic E-state index is 0.492. The van der Waals surface area contributed by atoms with E-state index in [-0.39, 0.29) is 0 Å². The molecule has 16 heavy (non-hydrogen) atoms. The molecule has 1 aliphatic rings. The zero-order valence-electron chi connectivity index (χ0n) is 11.4. The quantitative estimate of drug-likeness (QED) is 0.851. The average molecular weight is 225 g/mol. The Labute approximate surface area is 98.4 Å². The molecule has 1 saturated heterocycles. The van der Waals surface area contributed by atoms with Crippen LogP contribution in [0.2, 0.25) is 1.41 Å². The average Bonchev–Trinajstić information content (AvgIpc) is 2.67. The molecular formula is C12H21N3O. The van der Waals surface area contributed by atoms with Gasteiger partial charge >= 0.3 is 0 Å². The Kier molecular flexibility index (Phi) is 3.09. The summed E-state index contributed by atoms with van der Waals surface area (Å²) >= 11 is 0. The normalized spacial score (nSPS) is 19.8. The SMILES string of the molecule is [3H]N1CCC(c2c(OC)nn(CC)c2C)CC1. The van der Waals surface area contributed by atoms with E-state index in [1.54, 1.807) is 12.4 Å². The monoisotopic (exact) mass is 225 g/mol. The van der Waals surface area contributed by atoms with Crippen molar-refractivity contribution in [3.8, 4) is 5.88 Å². The molecule has 1 aromatic rings. The van der Waals surface area contributed by atoms with Crippen molar-refractivity contribution in [3.05, 3.63) is 11.3 Å². The van der Waals surface area contributed by atoms with Gasteiger partial charge in [0, 0.05) is 17.8 Å². The van der Waals surface area contributed by atoms with Crippen molar-refractivity contribution in [2.45, 2.75) is 39.2 Å². The van der Waals surface area contributed by atoms with E-state index in [1.165, 1.54) is 11.3 Å². The molecule has 90 valence electrons. The van der Waals surface area contributed by atoms with Crippen LogP contribution in [-0.4, -0.2) is 30.0 Å². The van der Waals surface area contributed by atoms with E-state index in [1.807, 2.05) is 4.68 Å². The van der Waals surface area contributed by atoms with Crippen LogP contribution in [0.3, 0.4) is 0 Å². The van der Waals surface area contributed by atoms with Crippen molar-refractivity contribution in [3.63, 3.8) is 0 Å². The number of rotatable bonds is 3. The summed E-state index contributed by atoms with van der Waals surface area (Å²) in [6, 6.07) is 0. The summed E-state index contributed by atoms with van der Waals surface area (Å²) in [6.07, 6.45) is 2.05. The summed E-state index contributed by atoms with van der Waals surface area (Å²) in [5.41, 5.74) is 2.47. The van der Waals surface area contributed by atoms with E-state index in [0.717, 1.165) is 38.4 Å². The highest BCUT2D eigenvalue weighted by molar-refractivity contribution is 5.34. The third-order valence-electron chi connectivity index (χ3n) is 3.39. The predicted octanol–water partition coefficient (Wildman–Crippen LogP) is 1.69. The van der Waals surface area contributed by atoms with Crippen LogP contribution in [0, 0.1) is 6.92 Å². The molecule has 4 nitrogen and oxygen atoms in total. The lowest BCUT2D eigenvalue weighted by Crippen LogP contribution is -2.27. The molecule has 0 bridgehead atoms. The van der Waals surface area contributed by atoms with Crippen molar-refractivity contribution < 1.29 is 6.15 Å². The van der Waals surface area contributed by atoms with Crippen LogP contribution in [0.4, 0.5) is 0 Å². The van der Waals surface area contributed by atoms with E-state index in [2.05, 4.69) is 18.9 Å². The Bertz CT molecular complexity index is 383. The van der Waals surface area contributed by atoms with E-state index in [0.29, 0.717) is 5.92 Å². The number of aromatic nitrogens is 2. The van der Waals surface area contributed by atoms with Crippen molar-refractivity contribution in [1.29, 1.82) is 0 Å². The summed E-state index contributed by atoms with van der Waals surface area (Å²) in [6.45, 7) is 6.76. The highest BCUT2D eigenvalue weighted by Crippen LogP contribution is 2.34. The predicted molar refractivity (Wildman–Crippen MR) is 64.0 cm³/mol. The second-order valence-corrected chi connectivity index (χ2v) is 4.27. The number of ether oxygens (including phenoxy) is 1. The third-order valence-corrected chi connectivity index (χ3v) is 3.39. The fourth-order valence-corrected chi connectivity index (χ4v) is 2.50. The molecule has 0 unspecified atom stereocenters. The van der Waals surface area contributed by atoms with E-state index >= 15 is 0 Å². The van der Waals surface area contributed by atoms with Gasteiger partial charge in [-0.1, -0.05) is 0 Å². The van der Waals surface area contributed by atoms with Gasteiger partial charge in [-0.15, -0.1) is 5.10 Å². The van der Waals surface area contributed by atoms with E-state index in [4.69, 9.17) is 6.15 Å². The van der Waals surface area contributed by atoms with Crippen LogP contribution < -0.4 is 10.0 Å². The molecular weight excluding hydrogens is 202 g/mol. The lowest BCUT2D eigenvalue weighted by Gasteiger charge is -2.23. The highest BCUT2D eigenvalue weighted by Gasteiger charge is 2.24. The minimum Gasteiger partial charge on any atom is -0.480 e. The molecule has 2 rings (SSSR count). The summed E-state index contributed by atoms with van der Waals surface area (Å²) in [5, 5.41) is 6.12. The van der Waals surface area contributed by atoms with Gasteiger partial charge in [0.2, 0.25) is 5.88 Å². The van der Waals surface area contributed by atoms with Crippen molar-refractivity contribution in [2.24, 2.45) is 0 Å². The number of aryl methyl sites for hydroxylation is 1. The van der Waals surface area contributed by atoms with Crippen LogP contribution in [0.15, 0.2) is 0 Å². The van der Waals surface area contributed by atoms with Crippen LogP contribution in [0.25, 0.3) is 0 Å². The van der Waals surface area contributed by atoms with Gasteiger partial charge in [0.15, 0.2) is 0 Å². The number of hydrogen-bond donors (Lipinski definition) is 1. The number of hydrogen-bond acceptors (Lipinski definition) is 3. The van der Waals surface area contributed by atoms with Crippen molar-refractivity contribution in [2.75, 3.05) is 20.2 Å². The molecule has 0 atom stereocenters. The molecule has 0 amide bonds.